The molecule has 0 N–H and O–H groups in total. The van der Waals surface area contributed by atoms with Crippen molar-refractivity contribution >= 4 is 5.78 Å². The molecule has 0 aliphatic heterocycles. The first-order valence-corrected chi connectivity index (χ1v) is 5.21. The summed E-state index contributed by atoms with van der Waals surface area (Å²) < 4.78 is 1.69. The molecule has 4 nitrogen and oxygen atoms in total. The minimum absolute atomic E-state index is 0.0232. The van der Waals surface area contributed by atoms with E-state index in [-0.39, 0.29) is 5.78 Å². The Morgan fingerprint density at radius 2 is 2.19 bits per heavy atom. The molecule has 2 aromatic rings. The number of aromatic nitrogens is 3. The van der Waals surface area contributed by atoms with Crippen molar-refractivity contribution in [2.45, 2.75) is 20.4 Å². The summed E-state index contributed by atoms with van der Waals surface area (Å²) in [5.41, 5.74) is 2.18. The fourth-order valence-corrected chi connectivity index (χ4v) is 1.62. The standard InChI is InChI=1S/C12H13N3O/c1-3-15-11(5-7-14-15)12(16)10-8-13-6-4-9(10)2/h4-8H,3H2,1-2H3. The first-order valence-electron chi connectivity index (χ1n) is 5.21. The van der Waals surface area contributed by atoms with E-state index < -0.39 is 0 Å². The van der Waals surface area contributed by atoms with E-state index in [9.17, 15) is 4.79 Å². The van der Waals surface area contributed by atoms with Crippen LogP contribution in [0.25, 0.3) is 0 Å². The molecule has 0 radical (unpaired) electrons. The van der Waals surface area contributed by atoms with Crippen LogP contribution < -0.4 is 0 Å². The van der Waals surface area contributed by atoms with Gasteiger partial charge in [-0.3, -0.25) is 14.5 Å². The van der Waals surface area contributed by atoms with Gasteiger partial charge in [0.2, 0.25) is 5.78 Å². The van der Waals surface area contributed by atoms with Gasteiger partial charge in [-0.05, 0) is 31.5 Å². The largest absolute Gasteiger partial charge is 0.287 e. The van der Waals surface area contributed by atoms with Crippen molar-refractivity contribution in [1.29, 1.82) is 0 Å². The quantitative estimate of drug-likeness (QED) is 0.734. The Balaban J connectivity index is 2.44. The lowest BCUT2D eigenvalue weighted by Crippen LogP contribution is -2.11. The van der Waals surface area contributed by atoms with Crippen LogP contribution in [0, 0.1) is 6.92 Å². The molecule has 0 saturated heterocycles. The molecule has 0 aromatic carbocycles. The average molecular weight is 215 g/mol. The second-order valence-corrected chi connectivity index (χ2v) is 3.55. The monoisotopic (exact) mass is 215 g/mol. The lowest BCUT2D eigenvalue weighted by molar-refractivity contribution is 0.102. The van der Waals surface area contributed by atoms with Gasteiger partial charge in [0, 0.05) is 30.7 Å². The maximum atomic E-state index is 12.2. The molecule has 82 valence electrons. The molecule has 0 aliphatic rings. The molecule has 2 rings (SSSR count). The van der Waals surface area contributed by atoms with E-state index in [0.717, 1.165) is 5.56 Å². The van der Waals surface area contributed by atoms with Crippen LogP contribution in [-0.2, 0) is 6.54 Å². The Morgan fingerprint density at radius 1 is 1.38 bits per heavy atom. The lowest BCUT2D eigenvalue weighted by Gasteiger charge is -2.05. The van der Waals surface area contributed by atoms with E-state index in [1.807, 2.05) is 19.9 Å². The Labute approximate surface area is 93.9 Å². The zero-order valence-corrected chi connectivity index (χ0v) is 9.34. The van der Waals surface area contributed by atoms with E-state index in [1.165, 1.54) is 0 Å². The van der Waals surface area contributed by atoms with Crippen molar-refractivity contribution in [3.8, 4) is 0 Å². The highest BCUT2D eigenvalue weighted by Gasteiger charge is 2.15. The summed E-state index contributed by atoms with van der Waals surface area (Å²) in [7, 11) is 0. The zero-order chi connectivity index (χ0) is 11.5. The van der Waals surface area contributed by atoms with Crippen molar-refractivity contribution < 1.29 is 4.79 Å². The molecule has 16 heavy (non-hydrogen) atoms. The number of pyridine rings is 1. The maximum absolute atomic E-state index is 12.2. The highest BCUT2D eigenvalue weighted by Crippen LogP contribution is 2.12. The normalized spacial score (nSPS) is 10.4. The molecular formula is C12H13N3O. The molecule has 0 atom stereocenters. The third-order valence-electron chi connectivity index (χ3n) is 2.53. The van der Waals surface area contributed by atoms with Crippen molar-refractivity contribution in [1.82, 2.24) is 14.8 Å². The van der Waals surface area contributed by atoms with Crippen LogP contribution in [0.4, 0.5) is 0 Å². The van der Waals surface area contributed by atoms with Gasteiger partial charge < -0.3 is 0 Å². The molecular weight excluding hydrogens is 202 g/mol. The van der Waals surface area contributed by atoms with Gasteiger partial charge in [-0.2, -0.15) is 5.10 Å². The molecule has 0 aliphatic carbocycles. The Bertz CT molecular complexity index is 516. The summed E-state index contributed by atoms with van der Waals surface area (Å²) >= 11 is 0. The lowest BCUT2D eigenvalue weighted by atomic mass is 10.1. The summed E-state index contributed by atoms with van der Waals surface area (Å²) in [5, 5.41) is 4.09. The molecule has 4 heteroatoms. The SMILES string of the molecule is CCn1nccc1C(=O)c1cnccc1C. The van der Waals surface area contributed by atoms with Gasteiger partial charge in [-0.25, -0.2) is 0 Å². The summed E-state index contributed by atoms with van der Waals surface area (Å²) in [5.74, 6) is -0.0232. The number of carbonyl (C=O) groups is 1. The molecule has 2 aromatic heterocycles. The van der Waals surface area contributed by atoms with E-state index in [2.05, 4.69) is 10.1 Å². The second kappa shape index (κ2) is 4.26. The topological polar surface area (TPSA) is 47.8 Å². The van der Waals surface area contributed by atoms with Gasteiger partial charge >= 0.3 is 0 Å². The minimum atomic E-state index is -0.0232. The Kier molecular flexibility index (Phi) is 2.81. The van der Waals surface area contributed by atoms with Crippen LogP contribution in [-0.4, -0.2) is 20.5 Å². The van der Waals surface area contributed by atoms with E-state index in [4.69, 9.17) is 0 Å². The highest BCUT2D eigenvalue weighted by atomic mass is 16.1. The number of hydrogen-bond donors (Lipinski definition) is 0. The van der Waals surface area contributed by atoms with Gasteiger partial charge in [0.25, 0.3) is 0 Å². The average Bonchev–Trinajstić information content (AvgIpc) is 2.77. The third kappa shape index (κ3) is 1.74. The van der Waals surface area contributed by atoms with Gasteiger partial charge in [0.1, 0.15) is 5.69 Å². The number of hydrogen-bond acceptors (Lipinski definition) is 3. The van der Waals surface area contributed by atoms with E-state index in [0.29, 0.717) is 17.8 Å². The number of nitrogens with zero attached hydrogens (tertiary/aromatic N) is 3. The van der Waals surface area contributed by atoms with Crippen LogP contribution in [0.3, 0.4) is 0 Å². The van der Waals surface area contributed by atoms with Gasteiger partial charge in [0.05, 0.1) is 0 Å². The first kappa shape index (κ1) is 10.5. The van der Waals surface area contributed by atoms with Gasteiger partial charge in [-0.15, -0.1) is 0 Å². The second-order valence-electron chi connectivity index (χ2n) is 3.55. The van der Waals surface area contributed by atoms with Gasteiger partial charge in [0.15, 0.2) is 0 Å². The maximum Gasteiger partial charge on any atom is 0.212 e. The summed E-state index contributed by atoms with van der Waals surface area (Å²) in [6.07, 6.45) is 4.93. The van der Waals surface area contributed by atoms with Crippen molar-refractivity contribution in [3.05, 3.63) is 47.5 Å². The summed E-state index contributed by atoms with van der Waals surface area (Å²) in [4.78, 5) is 16.2. The number of carbonyl (C=O) groups excluding carboxylic acids is 1. The summed E-state index contributed by atoms with van der Waals surface area (Å²) in [6, 6.07) is 3.57. The molecule has 2 heterocycles. The fourth-order valence-electron chi connectivity index (χ4n) is 1.62. The number of aryl methyl sites for hydroxylation is 2. The van der Waals surface area contributed by atoms with Gasteiger partial charge in [-0.1, -0.05) is 0 Å². The molecule has 0 amide bonds. The smallest absolute Gasteiger partial charge is 0.212 e. The van der Waals surface area contributed by atoms with Crippen LogP contribution >= 0.6 is 0 Å². The summed E-state index contributed by atoms with van der Waals surface area (Å²) in [6.45, 7) is 4.55. The number of ketones is 1. The van der Waals surface area contributed by atoms with E-state index >= 15 is 0 Å². The molecule has 0 fully saturated rings. The minimum Gasteiger partial charge on any atom is -0.287 e. The molecule has 0 unspecified atom stereocenters. The Morgan fingerprint density at radius 3 is 2.88 bits per heavy atom. The van der Waals surface area contributed by atoms with Crippen LogP contribution in [0.15, 0.2) is 30.7 Å². The Hall–Kier alpha value is -1.97. The highest BCUT2D eigenvalue weighted by molar-refractivity contribution is 6.08. The molecule has 0 bridgehead atoms. The van der Waals surface area contributed by atoms with Crippen molar-refractivity contribution in [2.24, 2.45) is 0 Å². The van der Waals surface area contributed by atoms with Crippen molar-refractivity contribution in [3.63, 3.8) is 0 Å². The fraction of sp³-hybridized carbons (Fsp3) is 0.250. The van der Waals surface area contributed by atoms with Crippen LogP contribution in [0.5, 0.6) is 0 Å². The van der Waals surface area contributed by atoms with Crippen molar-refractivity contribution in [2.75, 3.05) is 0 Å². The molecule has 0 spiro atoms. The van der Waals surface area contributed by atoms with E-state index in [1.54, 1.807) is 29.3 Å². The van der Waals surface area contributed by atoms with Crippen LogP contribution in [0.1, 0.15) is 28.5 Å². The third-order valence-corrected chi connectivity index (χ3v) is 2.53. The zero-order valence-electron chi connectivity index (χ0n) is 9.34. The predicted molar refractivity (Wildman–Crippen MR) is 60.3 cm³/mol. The van der Waals surface area contributed by atoms with Crippen LogP contribution in [0.2, 0.25) is 0 Å². The first-order chi connectivity index (χ1) is 7.74. The predicted octanol–water partition coefficient (Wildman–Crippen LogP) is 1.84. The molecule has 0 saturated carbocycles. The number of rotatable bonds is 3.